The Bertz CT molecular complexity index is 696. The monoisotopic (exact) mass is 282 g/mol. The number of fused-ring (bicyclic) bond motifs is 1. The molecule has 1 N–H and O–H groups in total. The Labute approximate surface area is 122 Å². The third-order valence-corrected chi connectivity index (χ3v) is 3.12. The maximum absolute atomic E-state index is 11.3. The number of ether oxygens (including phenoxy) is 1. The van der Waals surface area contributed by atoms with Crippen LogP contribution in [0.25, 0.3) is 0 Å². The molecule has 5 nitrogen and oxygen atoms in total. The van der Waals surface area contributed by atoms with Crippen molar-refractivity contribution in [1.29, 1.82) is 0 Å². The Balaban J connectivity index is 2.02. The summed E-state index contributed by atoms with van der Waals surface area (Å²) in [5, 5.41) is 6.86. The highest BCUT2D eigenvalue weighted by molar-refractivity contribution is 6.13. The number of nitrogens with zero attached hydrogens (tertiary/aromatic N) is 1. The minimum absolute atomic E-state index is 0.0263. The zero-order valence-electron chi connectivity index (χ0n) is 11.5. The number of hydrogen-bond donors (Lipinski definition) is 1. The van der Waals surface area contributed by atoms with Gasteiger partial charge in [0.15, 0.2) is 6.61 Å². The smallest absolute Gasteiger partial charge is 0.262 e. The molecule has 0 spiro atoms. The molecule has 1 aliphatic heterocycles. The maximum Gasteiger partial charge on any atom is 0.262 e. The number of oxime groups is 1. The predicted molar refractivity (Wildman–Crippen MR) is 79.7 cm³/mol. The molecule has 0 atom stereocenters. The molecule has 1 amide bonds. The second-order valence-corrected chi connectivity index (χ2v) is 4.54. The number of nitrogens with one attached hydrogen (secondary N) is 1. The van der Waals surface area contributed by atoms with E-state index in [-0.39, 0.29) is 12.5 Å². The molecule has 1 aliphatic rings. The van der Waals surface area contributed by atoms with Crippen LogP contribution in [0.1, 0.15) is 11.1 Å². The van der Waals surface area contributed by atoms with Crippen molar-refractivity contribution in [2.45, 2.75) is 0 Å². The molecule has 1 heterocycles. The lowest BCUT2D eigenvalue weighted by molar-refractivity contribution is -0.118. The van der Waals surface area contributed by atoms with Crippen LogP contribution in [0.2, 0.25) is 0 Å². The van der Waals surface area contributed by atoms with Gasteiger partial charge in [-0.15, -0.1) is 0 Å². The van der Waals surface area contributed by atoms with Gasteiger partial charge in [0.2, 0.25) is 0 Å². The Morgan fingerprint density at radius 3 is 2.76 bits per heavy atom. The first kappa shape index (κ1) is 13.2. The van der Waals surface area contributed by atoms with E-state index in [0.717, 1.165) is 11.1 Å². The molecule has 3 rings (SSSR count). The fraction of sp³-hybridized carbons (Fsp3) is 0.125. The van der Waals surface area contributed by atoms with Crippen LogP contribution < -0.4 is 10.1 Å². The van der Waals surface area contributed by atoms with Gasteiger partial charge in [-0.2, -0.15) is 0 Å². The lowest BCUT2D eigenvalue weighted by Gasteiger charge is -2.18. The van der Waals surface area contributed by atoms with Gasteiger partial charge in [0, 0.05) is 11.1 Å². The minimum Gasteiger partial charge on any atom is -0.482 e. The van der Waals surface area contributed by atoms with Crippen molar-refractivity contribution >= 4 is 17.3 Å². The van der Waals surface area contributed by atoms with E-state index in [9.17, 15) is 4.79 Å². The van der Waals surface area contributed by atoms with Crippen molar-refractivity contribution in [2.75, 3.05) is 19.0 Å². The average Bonchev–Trinajstić information content (AvgIpc) is 2.53. The standard InChI is InChI=1S/C16H14N2O3/c1-20-18-16(11-5-3-2-4-6-11)12-7-8-13-14(9-12)21-10-15(19)17-13/h2-9H,10H2,1H3,(H,17,19). The molecule has 5 heteroatoms. The summed E-state index contributed by atoms with van der Waals surface area (Å²) in [7, 11) is 1.51. The van der Waals surface area contributed by atoms with Crippen molar-refractivity contribution in [3.05, 3.63) is 59.7 Å². The molecule has 0 saturated heterocycles. The van der Waals surface area contributed by atoms with E-state index in [2.05, 4.69) is 10.5 Å². The lowest BCUT2D eigenvalue weighted by atomic mass is 10.0. The second-order valence-electron chi connectivity index (χ2n) is 4.54. The van der Waals surface area contributed by atoms with Crippen LogP contribution in [0.4, 0.5) is 5.69 Å². The van der Waals surface area contributed by atoms with Crippen LogP contribution in [0.5, 0.6) is 5.75 Å². The van der Waals surface area contributed by atoms with E-state index < -0.39 is 0 Å². The largest absolute Gasteiger partial charge is 0.482 e. The van der Waals surface area contributed by atoms with Crippen molar-refractivity contribution in [3.8, 4) is 5.75 Å². The summed E-state index contributed by atoms with van der Waals surface area (Å²) >= 11 is 0. The summed E-state index contributed by atoms with van der Waals surface area (Å²) in [4.78, 5) is 16.2. The molecule has 0 saturated carbocycles. The Hall–Kier alpha value is -2.82. The van der Waals surface area contributed by atoms with Gasteiger partial charge in [0.25, 0.3) is 5.91 Å². The molecular weight excluding hydrogens is 268 g/mol. The maximum atomic E-state index is 11.3. The van der Waals surface area contributed by atoms with Crippen LogP contribution in [-0.4, -0.2) is 25.3 Å². The molecule has 0 aromatic heterocycles. The van der Waals surface area contributed by atoms with E-state index in [0.29, 0.717) is 17.1 Å². The molecule has 0 bridgehead atoms. The number of hydrogen-bond acceptors (Lipinski definition) is 4. The van der Waals surface area contributed by atoms with Gasteiger partial charge in [0.1, 0.15) is 18.6 Å². The first-order chi connectivity index (χ1) is 10.3. The number of carbonyl (C=O) groups is 1. The lowest BCUT2D eigenvalue weighted by Crippen LogP contribution is -2.25. The molecule has 0 radical (unpaired) electrons. The molecule has 106 valence electrons. The van der Waals surface area contributed by atoms with Gasteiger partial charge in [0.05, 0.1) is 5.69 Å². The Kier molecular flexibility index (Phi) is 3.55. The number of benzene rings is 2. The van der Waals surface area contributed by atoms with Crippen LogP contribution in [0.15, 0.2) is 53.7 Å². The summed E-state index contributed by atoms with van der Waals surface area (Å²) in [6.45, 7) is 0.0263. The van der Waals surface area contributed by atoms with E-state index in [1.807, 2.05) is 42.5 Å². The summed E-state index contributed by atoms with van der Waals surface area (Å²) in [6, 6.07) is 15.3. The first-order valence-electron chi connectivity index (χ1n) is 6.51. The average molecular weight is 282 g/mol. The van der Waals surface area contributed by atoms with Crippen LogP contribution in [-0.2, 0) is 9.63 Å². The Morgan fingerprint density at radius 1 is 1.19 bits per heavy atom. The molecule has 0 aliphatic carbocycles. The van der Waals surface area contributed by atoms with E-state index in [1.54, 1.807) is 6.07 Å². The zero-order chi connectivity index (χ0) is 14.7. The molecule has 0 fully saturated rings. The number of carbonyl (C=O) groups excluding carboxylic acids is 1. The second kappa shape index (κ2) is 5.66. The Morgan fingerprint density at radius 2 is 2.00 bits per heavy atom. The van der Waals surface area contributed by atoms with E-state index in [1.165, 1.54) is 7.11 Å². The fourth-order valence-electron chi connectivity index (χ4n) is 2.18. The highest BCUT2D eigenvalue weighted by Crippen LogP contribution is 2.29. The van der Waals surface area contributed by atoms with E-state index >= 15 is 0 Å². The van der Waals surface area contributed by atoms with E-state index in [4.69, 9.17) is 9.57 Å². The van der Waals surface area contributed by atoms with Gasteiger partial charge >= 0.3 is 0 Å². The summed E-state index contributed by atoms with van der Waals surface area (Å²) in [5.74, 6) is 0.482. The summed E-state index contributed by atoms with van der Waals surface area (Å²) in [5.41, 5.74) is 3.18. The van der Waals surface area contributed by atoms with Gasteiger partial charge in [-0.3, -0.25) is 4.79 Å². The minimum atomic E-state index is -0.149. The van der Waals surface area contributed by atoms with Crippen molar-refractivity contribution in [2.24, 2.45) is 5.16 Å². The van der Waals surface area contributed by atoms with Gasteiger partial charge in [-0.05, 0) is 12.1 Å². The number of anilines is 1. The fourth-order valence-corrected chi connectivity index (χ4v) is 2.18. The van der Waals surface area contributed by atoms with Gasteiger partial charge in [-0.25, -0.2) is 0 Å². The van der Waals surface area contributed by atoms with Crippen molar-refractivity contribution in [1.82, 2.24) is 0 Å². The number of rotatable bonds is 3. The molecule has 2 aromatic rings. The third-order valence-electron chi connectivity index (χ3n) is 3.12. The van der Waals surface area contributed by atoms with Crippen LogP contribution >= 0.6 is 0 Å². The van der Waals surface area contributed by atoms with Crippen LogP contribution in [0.3, 0.4) is 0 Å². The van der Waals surface area contributed by atoms with Crippen LogP contribution in [0, 0.1) is 0 Å². The molecule has 21 heavy (non-hydrogen) atoms. The van der Waals surface area contributed by atoms with Gasteiger partial charge < -0.3 is 14.9 Å². The predicted octanol–water partition coefficient (Wildman–Crippen LogP) is 2.42. The normalized spacial score (nSPS) is 14.0. The number of amides is 1. The molecule has 2 aromatic carbocycles. The van der Waals surface area contributed by atoms with Crippen molar-refractivity contribution in [3.63, 3.8) is 0 Å². The summed E-state index contributed by atoms with van der Waals surface area (Å²) < 4.78 is 5.43. The van der Waals surface area contributed by atoms with Gasteiger partial charge in [-0.1, -0.05) is 41.6 Å². The molecular formula is C16H14N2O3. The topological polar surface area (TPSA) is 59.9 Å². The summed E-state index contributed by atoms with van der Waals surface area (Å²) in [6.07, 6.45) is 0. The zero-order valence-corrected chi connectivity index (χ0v) is 11.5. The quantitative estimate of drug-likeness (QED) is 0.694. The SMILES string of the molecule is CON=C(c1ccccc1)c1ccc2c(c1)OCC(=O)N2. The highest BCUT2D eigenvalue weighted by atomic mass is 16.6. The highest BCUT2D eigenvalue weighted by Gasteiger charge is 2.18. The first-order valence-corrected chi connectivity index (χ1v) is 6.51. The van der Waals surface area contributed by atoms with Crippen molar-refractivity contribution < 1.29 is 14.4 Å². The third kappa shape index (κ3) is 2.72. The molecule has 0 unspecified atom stereocenters.